The van der Waals surface area contributed by atoms with E-state index in [2.05, 4.69) is 5.32 Å². The minimum absolute atomic E-state index is 0.0627. The number of aryl methyl sites for hydroxylation is 1. The molecule has 0 aliphatic carbocycles. The van der Waals surface area contributed by atoms with Crippen LogP contribution in [-0.4, -0.2) is 23.8 Å². The predicted molar refractivity (Wildman–Crippen MR) is 87.7 cm³/mol. The Kier molecular flexibility index (Phi) is 5.11. The van der Waals surface area contributed by atoms with Crippen LogP contribution in [0.5, 0.6) is 0 Å². The summed E-state index contributed by atoms with van der Waals surface area (Å²) in [6.07, 6.45) is 0. The largest absolute Gasteiger partial charge is 0.337 e. The van der Waals surface area contributed by atoms with Crippen LogP contribution < -0.4 is 5.32 Å². The quantitative estimate of drug-likeness (QED) is 0.940. The van der Waals surface area contributed by atoms with Crippen molar-refractivity contribution in [1.29, 1.82) is 0 Å². The summed E-state index contributed by atoms with van der Waals surface area (Å²) >= 11 is 0. The van der Waals surface area contributed by atoms with Crippen LogP contribution in [0, 0.1) is 12.7 Å². The topological polar surface area (TPSA) is 49.4 Å². The van der Waals surface area contributed by atoms with E-state index >= 15 is 0 Å². The highest BCUT2D eigenvalue weighted by atomic mass is 19.1. The minimum atomic E-state index is -0.610. The Balaban J connectivity index is 2.22. The van der Waals surface area contributed by atoms with Crippen LogP contribution in [0.3, 0.4) is 0 Å². The Morgan fingerprint density at radius 3 is 2.52 bits per heavy atom. The van der Waals surface area contributed by atoms with E-state index < -0.39 is 11.7 Å². The summed E-state index contributed by atoms with van der Waals surface area (Å²) in [7, 11) is 1.62. The Bertz CT molecular complexity index is 744. The fourth-order valence-electron chi connectivity index (χ4n) is 2.29. The van der Waals surface area contributed by atoms with Crippen molar-refractivity contribution in [3.05, 3.63) is 65.0 Å². The van der Waals surface area contributed by atoms with Crippen molar-refractivity contribution < 1.29 is 14.0 Å². The van der Waals surface area contributed by atoms with Gasteiger partial charge in [-0.1, -0.05) is 24.3 Å². The van der Waals surface area contributed by atoms with Gasteiger partial charge < -0.3 is 10.2 Å². The van der Waals surface area contributed by atoms with Crippen molar-refractivity contribution in [3.8, 4) is 0 Å². The van der Waals surface area contributed by atoms with Crippen LogP contribution in [0.4, 0.5) is 10.1 Å². The van der Waals surface area contributed by atoms with Crippen LogP contribution in [-0.2, 0) is 11.3 Å². The molecular formula is C18H19FN2O2. The second-order valence-electron chi connectivity index (χ2n) is 5.46. The van der Waals surface area contributed by atoms with Gasteiger partial charge in [0.2, 0.25) is 5.91 Å². The molecule has 0 unspecified atom stereocenters. The lowest BCUT2D eigenvalue weighted by atomic mass is 10.1. The normalized spacial score (nSPS) is 10.3. The minimum Gasteiger partial charge on any atom is -0.337 e. The molecule has 0 saturated heterocycles. The molecule has 5 heteroatoms. The summed E-state index contributed by atoms with van der Waals surface area (Å²) in [4.78, 5) is 25.0. The number of hydrogen-bond donors (Lipinski definition) is 1. The number of nitrogens with zero attached hydrogens (tertiary/aromatic N) is 1. The highest BCUT2D eigenvalue weighted by Gasteiger charge is 2.18. The standard InChI is InChI=1S/C18H19FN2O2/c1-12-6-4-5-7-14(12)11-21(3)18(23)16-10-15(20-13(2)22)8-9-17(16)19/h4-10H,11H2,1-3H3,(H,20,22). The van der Waals surface area contributed by atoms with Crippen LogP contribution in [0.25, 0.3) is 0 Å². The van der Waals surface area contributed by atoms with Gasteiger partial charge in [-0.2, -0.15) is 0 Å². The number of amides is 2. The number of anilines is 1. The second kappa shape index (κ2) is 7.05. The lowest BCUT2D eigenvalue weighted by Crippen LogP contribution is -2.27. The molecular weight excluding hydrogens is 295 g/mol. The molecule has 0 spiro atoms. The lowest BCUT2D eigenvalue weighted by molar-refractivity contribution is -0.114. The van der Waals surface area contributed by atoms with E-state index in [0.29, 0.717) is 12.2 Å². The van der Waals surface area contributed by atoms with Crippen molar-refractivity contribution in [3.63, 3.8) is 0 Å². The van der Waals surface area contributed by atoms with E-state index in [1.54, 1.807) is 7.05 Å². The Labute approximate surface area is 134 Å². The van der Waals surface area contributed by atoms with Gasteiger partial charge in [-0.3, -0.25) is 9.59 Å². The summed E-state index contributed by atoms with van der Waals surface area (Å²) in [6.45, 7) is 3.70. The van der Waals surface area contributed by atoms with E-state index in [-0.39, 0.29) is 11.5 Å². The molecule has 0 heterocycles. The molecule has 0 bridgehead atoms. The molecule has 4 nitrogen and oxygen atoms in total. The van der Waals surface area contributed by atoms with Gasteiger partial charge in [-0.25, -0.2) is 4.39 Å². The predicted octanol–water partition coefficient (Wildman–Crippen LogP) is 3.36. The van der Waals surface area contributed by atoms with E-state index in [1.165, 1.54) is 30.0 Å². The molecule has 0 radical (unpaired) electrons. The molecule has 2 rings (SSSR count). The van der Waals surface area contributed by atoms with Gasteiger partial charge in [0, 0.05) is 26.2 Å². The number of benzene rings is 2. The number of hydrogen-bond acceptors (Lipinski definition) is 2. The molecule has 0 atom stereocenters. The first-order chi connectivity index (χ1) is 10.9. The van der Waals surface area contributed by atoms with Crippen LogP contribution >= 0.6 is 0 Å². The van der Waals surface area contributed by atoms with Crippen LogP contribution in [0.15, 0.2) is 42.5 Å². The highest BCUT2D eigenvalue weighted by Crippen LogP contribution is 2.18. The zero-order valence-corrected chi connectivity index (χ0v) is 13.4. The average molecular weight is 314 g/mol. The Hall–Kier alpha value is -2.69. The molecule has 2 aromatic rings. The van der Waals surface area contributed by atoms with Gasteiger partial charge in [-0.15, -0.1) is 0 Å². The molecule has 0 aromatic heterocycles. The van der Waals surface area contributed by atoms with Crippen molar-refractivity contribution in [2.45, 2.75) is 20.4 Å². The average Bonchev–Trinajstić information content (AvgIpc) is 2.50. The third-order valence-electron chi connectivity index (χ3n) is 3.53. The molecule has 0 fully saturated rings. The molecule has 1 N–H and O–H groups in total. The molecule has 120 valence electrons. The Morgan fingerprint density at radius 2 is 1.87 bits per heavy atom. The third kappa shape index (κ3) is 4.16. The summed E-state index contributed by atoms with van der Waals surface area (Å²) in [5.41, 5.74) is 2.40. The molecule has 0 aliphatic heterocycles. The summed E-state index contributed by atoms with van der Waals surface area (Å²) in [6, 6.07) is 11.7. The maximum absolute atomic E-state index is 14.0. The van der Waals surface area contributed by atoms with Crippen molar-refractivity contribution in [2.24, 2.45) is 0 Å². The van der Waals surface area contributed by atoms with Gasteiger partial charge in [-0.05, 0) is 36.2 Å². The van der Waals surface area contributed by atoms with Crippen LogP contribution in [0.1, 0.15) is 28.4 Å². The maximum atomic E-state index is 14.0. The number of nitrogens with one attached hydrogen (secondary N) is 1. The zero-order chi connectivity index (χ0) is 17.0. The van der Waals surface area contributed by atoms with Crippen molar-refractivity contribution in [1.82, 2.24) is 4.90 Å². The third-order valence-corrected chi connectivity index (χ3v) is 3.53. The highest BCUT2D eigenvalue weighted by molar-refractivity contribution is 5.97. The van der Waals surface area contributed by atoms with E-state index in [4.69, 9.17) is 0 Å². The monoisotopic (exact) mass is 314 g/mol. The van der Waals surface area contributed by atoms with Crippen molar-refractivity contribution in [2.75, 3.05) is 12.4 Å². The van der Waals surface area contributed by atoms with Gasteiger partial charge >= 0.3 is 0 Å². The first-order valence-corrected chi connectivity index (χ1v) is 7.25. The van der Waals surface area contributed by atoms with E-state index in [9.17, 15) is 14.0 Å². The molecule has 23 heavy (non-hydrogen) atoms. The smallest absolute Gasteiger partial charge is 0.256 e. The maximum Gasteiger partial charge on any atom is 0.256 e. The number of carbonyl (C=O) groups excluding carboxylic acids is 2. The summed E-state index contributed by atoms with van der Waals surface area (Å²) in [5.74, 6) is -1.32. The second-order valence-corrected chi connectivity index (χ2v) is 5.46. The summed E-state index contributed by atoms with van der Waals surface area (Å²) in [5, 5.41) is 2.55. The fraction of sp³-hybridized carbons (Fsp3) is 0.222. The Morgan fingerprint density at radius 1 is 1.17 bits per heavy atom. The zero-order valence-electron chi connectivity index (χ0n) is 13.4. The van der Waals surface area contributed by atoms with Gasteiger partial charge in [0.1, 0.15) is 5.82 Å². The van der Waals surface area contributed by atoms with Gasteiger partial charge in [0.05, 0.1) is 5.56 Å². The molecule has 2 amide bonds. The first kappa shape index (κ1) is 16.7. The number of carbonyl (C=O) groups is 2. The fourth-order valence-corrected chi connectivity index (χ4v) is 2.29. The van der Waals surface area contributed by atoms with Gasteiger partial charge in [0.25, 0.3) is 5.91 Å². The van der Waals surface area contributed by atoms with Crippen LogP contribution in [0.2, 0.25) is 0 Å². The number of rotatable bonds is 4. The van der Waals surface area contributed by atoms with Crippen molar-refractivity contribution >= 4 is 17.5 Å². The molecule has 0 saturated carbocycles. The summed E-state index contributed by atoms with van der Waals surface area (Å²) < 4.78 is 14.0. The molecule has 2 aromatic carbocycles. The first-order valence-electron chi connectivity index (χ1n) is 7.25. The van der Waals surface area contributed by atoms with E-state index in [1.807, 2.05) is 31.2 Å². The SMILES string of the molecule is CC(=O)Nc1ccc(F)c(C(=O)N(C)Cc2ccccc2C)c1. The van der Waals surface area contributed by atoms with E-state index in [0.717, 1.165) is 11.1 Å². The lowest BCUT2D eigenvalue weighted by Gasteiger charge is -2.19. The molecule has 0 aliphatic rings. The van der Waals surface area contributed by atoms with Gasteiger partial charge in [0.15, 0.2) is 0 Å². The number of halogens is 1.